The number of carbonyl (C=O) groups excluding carboxylic acids is 1. The summed E-state index contributed by atoms with van der Waals surface area (Å²) in [6, 6.07) is 0. The molecule has 0 aromatic heterocycles. The molecule has 9 atom stereocenters. The Labute approximate surface area is 217 Å². The van der Waals surface area contributed by atoms with Gasteiger partial charge in [0.25, 0.3) is 0 Å². The van der Waals surface area contributed by atoms with Gasteiger partial charge < -0.3 is 5.32 Å². The van der Waals surface area contributed by atoms with E-state index in [0.717, 1.165) is 60.3 Å². The summed E-state index contributed by atoms with van der Waals surface area (Å²) in [5.41, 5.74) is 1.22. The molecule has 1 unspecified atom stereocenters. The third-order valence-corrected chi connectivity index (χ3v) is 12.2. The zero-order chi connectivity index (χ0) is 25.2. The van der Waals surface area contributed by atoms with Crippen LogP contribution in [0.2, 0.25) is 0 Å². The van der Waals surface area contributed by atoms with Crippen molar-refractivity contribution in [1.29, 1.82) is 0 Å². The fourth-order valence-corrected chi connectivity index (χ4v) is 10.3. The molecule has 4 saturated carbocycles. The summed E-state index contributed by atoms with van der Waals surface area (Å²) in [6.45, 7) is 17.2. The quantitative estimate of drug-likeness (QED) is 0.244. The number of rotatable bonds is 10. The van der Waals surface area contributed by atoms with Crippen LogP contribution in [0.5, 0.6) is 0 Å². The first-order valence-electron chi connectivity index (χ1n) is 15.6. The molecule has 0 aliphatic heterocycles. The molecule has 0 heterocycles. The lowest BCUT2D eigenvalue weighted by Gasteiger charge is -2.61. The summed E-state index contributed by atoms with van der Waals surface area (Å²) < 4.78 is 0. The minimum Gasteiger partial charge on any atom is -0.353 e. The van der Waals surface area contributed by atoms with E-state index in [1.807, 2.05) is 0 Å². The largest absolute Gasteiger partial charge is 0.353 e. The van der Waals surface area contributed by atoms with Crippen LogP contribution in [0, 0.1) is 58.2 Å². The van der Waals surface area contributed by atoms with Gasteiger partial charge in [0.15, 0.2) is 0 Å². The van der Waals surface area contributed by atoms with Crippen LogP contribution in [0.25, 0.3) is 0 Å². The molecule has 0 radical (unpaired) electrons. The highest BCUT2D eigenvalue weighted by molar-refractivity contribution is 5.86. The van der Waals surface area contributed by atoms with Gasteiger partial charge in [-0.05, 0) is 135 Å². The Morgan fingerprint density at radius 2 is 1.69 bits per heavy atom. The van der Waals surface area contributed by atoms with Gasteiger partial charge in [0.2, 0.25) is 5.91 Å². The van der Waals surface area contributed by atoms with Crippen molar-refractivity contribution in [2.45, 2.75) is 125 Å². The molecule has 2 heteroatoms. The van der Waals surface area contributed by atoms with Crippen LogP contribution in [0.15, 0.2) is 12.7 Å². The third-order valence-electron chi connectivity index (χ3n) is 12.2. The van der Waals surface area contributed by atoms with E-state index < -0.39 is 0 Å². The van der Waals surface area contributed by atoms with Gasteiger partial charge in [-0.1, -0.05) is 60.5 Å². The van der Waals surface area contributed by atoms with Crippen LogP contribution in [-0.2, 0) is 4.79 Å². The van der Waals surface area contributed by atoms with Crippen LogP contribution in [0.1, 0.15) is 125 Å². The van der Waals surface area contributed by atoms with Crippen molar-refractivity contribution in [1.82, 2.24) is 5.32 Å². The molecule has 4 fully saturated rings. The fourth-order valence-electron chi connectivity index (χ4n) is 10.3. The Balaban J connectivity index is 1.33. The number of carbonyl (C=O) groups is 1. The van der Waals surface area contributed by atoms with E-state index in [1.165, 1.54) is 89.5 Å². The fraction of sp³-hybridized carbons (Fsp3) is 0.909. The Morgan fingerprint density at radius 1 is 0.943 bits per heavy atom. The zero-order valence-electron chi connectivity index (χ0n) is 23.9. The lowest BCUT2D eigenvalue weighted by atomic mass is 9.44. The van der Waals surface area contributed by atoms with Crippen LogP contribution in [-0.4, -0.2) is 12.5 Å². The summed E-state index contributed by atoms with van der Waals surface area (Å²) in [6.07, 6.45) is 21.5. The van der Waals surface area contributed by atoms with Gasteiger partial charge in [-0.25, -0.2) is 0 Å². The Bertz CT molecular complexity index is 729. The molecule has 4 rings (SSSR count). The molecule has 4 aliphatic rings. The van der Waals surface area contributed by atoms with Crippen molar-refractivity contribution < 1.29 is 4.79 Å². The summed E-state index contributed by atoms with van der Waals surface area (Å²) >= 11 is 0. The van der Waals surface area contributed by atoms with E-state index in [-0.39, 0.29) is 5.91 Å². The molecule has 0 spiro atoms. The molecule has 1 N–H and O–H groups in total. The van der Waals surface area contributed by atoms with Crippen molar-refractivity contribution in [3.8, 4) is 0 Å². The van der Waals surface area contributed by atoms with Gasteiger partial charge in [-0.3, -0.25) is 4.79 Å². The van der Waals surface area contributed by atoms with Gasteiger partial charge in [0, 0.05) is 6.54 Å². The lowest BCUT2D eigenvalue weighted by Crippen LogP contribution is -2.53. The van der Waals surface area contributed by atoms with Gasteiger partial charge in [-0.15, -0.1) is 0 Å². The molecule has 35 heavy (non-hydrogen) atoms. The topological polar surface area (TPSA) is 29.1 Å². The van der Waals surface area contributed by atoms with Crippen molar-refractivity contribution in [2.75, 3.05) is 6.54 Å². The smallest absolute Gasteiger partial charge is 0.243 e. The SMILES string of the molecule is C=CC(=O)NCCC[C@H]1CC[C@@]2(C)[C@@H](CC[C@@H]3[C@@H]2CC[C@]2(C)C([C@H](C)CCCC(C)C)CC[C@@H]32)C1. The van der Waals surface area contributed by atoms with E-state index >= 15 is 0 Å². The average Bonchev–Trinajstić information content (AvgIpc) is 3.18. The third kappa shape index (κ3) is 5.57. The van der Waals surface area contributed by atoms with Crippen LogP contribution in [0.4, 0.5) is 0 Å². The molecular formula is C33H57NO. The van der Waals surface area contributed by atoms with E-state index in [0.29, 0.717) is 10.8 Å². The van der Waals surface area contributed by atoms with Gasteiger partial charge in [0.1, 0.15) is 0 Å². The lowest BCUT2D eigenvalue weighted by molar-refractivity contribution is -0.121. The van der Waals surface area contributed by atoms with Crippen molar-refractivity contribution >= 4 is 5.91 Å². The van der Waals surface area contributed by atoms with Crippen molar-refractivity contribution in [2.24, 2.45) is 58.2 Å². The molecule has 1 amide bonds. The van der Waals surface area contributed by atoms with Crippen molar-refractivity contribution in [3.63, 3.8) is 0 Å². The zero-order valence-corrected chi connectivity index (χ0v) is 23.9. The molecule has 0 saturated heterocycles. The molecule has 0 aromatic carbocycles. The van der Waals surface area contributed by atoms with Gasteiger partial charge >= 0.3 is 0 Å². The van der Waals surface area contributed by atoms with Crippen molar-refractivity contribution in [3.05, 3.63) is 12.7 Å². The normalized spacial score (nSPS) is 41.5. The number of amides is 1. The van der Waals surface area contributed by atoms with Crippen LogP contribution >= 0.6 is 0 Å². The predicted molar refractivity (Wildman–Crippen MR) is 149 cm³/mol. The van der Waals surface area contributed by atoms with Gasteiger partial charge in [-0.2, -0.15) is 0 Å². The van der Waals surface area contributed by atoms with Gasteiger partial charge in [0.05, 0.1) is 0 Å². The molecule has 4 aliphatic carbocycles. The summed E-state index contributed by atoms with van der Waals surface area (Å²) in [4.78, 5) is 11.4. The Morgan fingerprint density at radius 3 is 2.43 bits per heavy atom. The van der Waals surface area contributed by atoms with E-state index in [1.54, 1.807) is 0 Å². The number of hydrogen-bond donors (Lipinski definition) is 1. The molecule has 0 bridgehead atoms. The molecule has 2 nitrogen and oxygen atoms in total. The Hall–Kier alpha value is -0.790. The summed E-state index contributed by atoms with van der Waals surface area (Å²) in [5, 5.41) is 2.97. The molecular weight excluding hydrogens is 426 g/mol. The first-order valence-corrected chi connectivity index (χ1v) is 15.6. The van der Waals surface area contributed by atoms with E-state index in [4.69, 9.17) is 0 Å². The van der Waals surface area contributed by atoms with Crippen LogP contribution in [0.3, 0.4) is 0 Å². The van der Waals surface area contributed by atoms with E-state index in [2.05, 4.69) is 46.5 Å². The number of hydrogen-bond acceptors (Lipinski definition) is 1. The maximum atomic E-state index is 11.4. The first kappa shape index (κ1) is 27.3. The molecule has 200 valence electrons. The number of fused-ring (bicyclic) bond motifs is 5. The van der Waals surface area contributed by atoms with Crippen LogP contribution < -0.4 is 5.32 Å². The maximum Gasteiger partial charge on any atom is 0.243 e. The summed E-state index contributed by atoms with van der Waals surface area (Å²) in [7, 11) is 0. The van der Waals surface area contributed by atoms with E-state index in [9.17, 15) is 4.79 Å². The highest BCUT2D eigenvalue weighted by atomic mass is 16.1. The molecule has 0 aromatic rings. The highest BCUT2D eigenvalue weighted by Crippen LogP contribution is 2.68. The predicted octanol–water partition coefficient (Wildman–Crippen LogP) is 8.81. The second-order valence-electron chi connectivity index (χ2n) is 14.5. The Kier molecular flexibility index (Phi) is 8.80. The monoisotopic (exact) mass is 483 g/mol. The minimum atomic E-state index is -0.0251. The maximum absolute atomic E-state index is 11.4. The second kappa shape index (κ2) is 11.3. The second-order valence-corrected chi connectivity index (χ2v) is 14.5. The number of nitrogens with one attached hydrogen (secondary N) is 1. The minimum absolute atomic E-state index is 0.0251. The standard InChI is InChI=1S/C33H57NO/c1-7-31(35)34-21-9-12-25-17-19-32(5)26(22-25)13-14-27-29-16-15-28(24(4)11-8-10-23(2)3)33(29,6)20-18-30(27)32/h7,23-30H,1,8-22H2,2-6H3,(H,34,35)/t24-,25+,26+,27+,28?,29+,30+,32+,33-/m1/s1. The average molecular weight is 484 g/mol. The summed E-state index contributed by atoms with van der Waals surface area (Å²) in [5.74, 6) is 7.54. The first-order chi connectivity index (χ1) is 16.7. The highest BCUT2D eigenvalue weighted by Gasteiger charge is 2.60.